The quantitative estimate of drug-likeness (QED) is 0.657. The van der Waals surface area contributed by atoms with Gasteiger partial charge >= 0.3 is 0 Å². The summed E-state index contributed by atoms with van der Waals surface area (Å²) in [7, 11) is -3.65. The second kappa shape index (κ2) is 7.48. The topological polar surface area (TPSA) is 59.1 Å². The van der Waals surface area contributed by atoms with Crippen molar-refractivity contribution in [3.8, 4) is 10.6 Å². The van der Waals surface area contributed by atoms with Crippen LogP contribution in [0.3, 0.4) is 0 Å². The molecule has 3 aromatic rings. The van der Waals surface area contributed by atoms with Crippen LogP contribution >= 0.6 is 22.9 Å². The highest BCUT2D eigenvalue weighted by Gasteiger charge is 2.19. The van der Waals surface area contributed by atoms with E-state index in [1.54, 1.807) is 25.1 Å². The lowest BCUT2D eigenvalue weighted by atomic mass is 10.1. The molecule has 0 atom stereocenters. The zero-order valence-corrected chi connectivity index (χ0v) is 17.1. The SMILES string of the molecule is Cc1ccccc1-c1nc(C)c(CNS(=O)(=O)c2cccc(Cl)c2C)s1. The van der Waals surface area contributed by atoms with Crippen molar-refractivity contribution >= 4 is 33.0 Å². The van der Waals surface area contributed by atoms with Crippen LogP contribution in [0.5, 0.6) is 0 Å². The minimum Gasteiger partial charge on any atom is -0.241 e. The van der Waals surface area contributed by atoms with E-state index in [4.69, 9.17) is 11.6 Å². The average Bonchev–Trinajstić information content (AvgIpc) is 2.96. The van der Waals surface area contributed by atoms with Crippen LogP contribution in [0, 0.1) is 20.8 Å². The Morgan fingerprint density at radius 3 is 2.54 bits per heavy atom. The third kappa shape index (κ3) is 3.83. The highest BCUT2D eigenvalue weighted by molar-refractivity contribution is 7.89. The fourth-order valence-corrected chi connectivity index (χ4v) is 5.31. The lowest BCUT2D eigenvalue weighted by molar-refractivity contribution is 0.581. The molecule has 26 heavy (non-hydrogen) atoms. The van der Waals surface area contributed by atoms with Crippen molar-refractivity contribution in [2.24, 2.45) is 0 Å². The Morgan fingerprint density at radius 1 is 1.08 bits per heavy atom. The van der Waals surface area contributed by atoms with Gasteiger partial charge in [-0.2, -0.15) is 0 Å². The molecule has 1 N–H and O–H groups in total. The van der Waals surface area contributed by atoms with E-state index in [0.717, 1.165) is 26.7 Å². The third-order valence-electron chi connectivity index (χ3n) is 4.20. The van der Waals surface area contributed by atoms with Crippen LogP contribution in [0.2, 0.25) is 5.02 Å². The second-order valence-electron chi connectivity index (χ2n) is 6.03. The number of aromatic nitrogens is 1. The molecule has 136 valence electrons. The molecule has 0 aliphatic carbocycles. The number of hydrogen-bond acceptors (Lipinski definition) is 4. The monoisotopic (exact) mass is 406 g/mol. The van der Waals surface area contributed by atoms with E-state index in [9.17, 15) is 8.42 Å². The number of hydrogen-bond donors (Lipinski definition) is 1. The van der Waals surface area contributed by atoms with E-state index in [0.29, 0.717) is 10.6 Å². The Kier molecular flexibility index (Phi) is 5.48. The summed E-state index contributed by atoms with van der Waals surface area (Å²) in [6.07, 6.45) is 0. The van der Waals surface area contributed by atoms with Crippen molar-refractivity contribution in [1.29, 1.82) is 0 Å². The van der Waals surface area contributed by atoms with Crippen molar-refractivity contribution in [2.75, 3.05) is 0 Å². The van der Waals surface area contributed by atoms with Gasteiger partial charge in [-0.25, -0.2) is 18.1 Å². The molecule has 3 rings (SSSR count). The predicted molar refractivity (Wildman–Crippen MR) is 107 cm³/mol. The van der Waals surface area contributed by atoms with Gasteiger partial charge in [0.05, 0.1) is 10.6 Å². The van der Waals surface area contributed by atoms with Gasteiger partial charge in [-0.15, -0.1) is 11.3 Å². The molecule has 4 nitrogen and oxygen atoms in total. The van der Waals surface area contributed by atoms with Crippen molar-refractivity contribution in [2.45, 2.75) is 32.2 Å². The zero-order valence-electron chi connectivity index (χ0n) is 14.7. The van der Waals surface area contributed by atoms with E-state index in [1.165, 1.54) is 11.3 Å². The van der Waals surface area contributed by atoms with Crippen LogP contribution < -0.4 is 4.72 Å². The van der Waals surface area contributed by atoms with Gasteiger partial charge < -0.3 is 0 Å². The molecular weight excluding hydrogens is 388 g/mol. The molecule has 1 heterocycles. The maximum absolute atomic E-state index is 12.6. The maximum Gasteiger partial charge on any atom is 0.241 e. The van der Waals surface area contributed by atoms with E-state index in [2.05, 4.69) is 9.71 Å². The Labute approximate surface area is 162 Å². The molecule has 0 aliphatic rings. The van der Waals surface area contributed by atoms with Gasteiger partial charge in [0.25, 0.3) is 0 Å². The van der Waals surface area contributed by atoms with Crippen LogP contribution in [0.15, 0.2) is 47.4 Å². The summed E-state index contributed by atoms with van der Waals surface area (Å²) in [5.74, 6) is 0. The van der Waals surface area contributed by atoms with Gasteiger partial charge in [0.15, 0.2) is 0 Å². The molecule has 0 unspecified atom stereocenters. The van der Waals surface area contributed by atoms with Crippen molar-refractivity contribution in [1.82, 2.24) is 9.71 Å². The molecule has 0 saturated carbocycles. The van der Waals surface area contributed by atoms with Gasteiger partial charge in [-0.1, -0.05) is 41.9 Å². The molecule has 0 fully saturated rings. The van der Waals surface area contributed by atoms with Crippen molar-refractivity contribution in [3.05, 3.63) is 69.2 Å². The fraction of sp³-hybridized carbons (Fsp3) is 0.211. The number of halogens is 1. The van der Waals surface area contributed by atoms with Crippen LogP contribution in [-0.2, 0) is 16.6 Å². The minimum absolute atomic E-state index is 0.198. The lowest BCUT2D eigenvalue weighted by Gasteiger charge is -2.09. The molecule has 0 bridgehead atoms. The molecule has 0 aliphatic heterocycles. The van der Waals surface area contributed by atoms with Gasteiger partial charge in [-0.05, 0) is 44.0 Å². The van der Waals surface area contributed by atoms with Crippen LogP contribution in [0.25, 0.3) is 10.6 Å². The Balaban J connectivity index is 1.84. The van der Waals surface area contributed by atoms with Gasteiger partial charge in [0, 0.05) is 22.0 Å². The van der Waals surface area contributed by atoms with Crippen molar-refractivity contribution < 1.29 is 8.42 Å². The zero-order chi connectivity index (χ0) is 18.9. The largest absolute Gasteiger partial charge is 0.241 e. The van der Waals surface area contributed by atoms with E-state index < -0.39 is 10.0 Å². The summed E-state index contributed by atoms with van der Waals surface area (Å²) in [5, 5.41) is 1.33. The Morgan fingerprint density at radius 2 is 1.81 bits per heavy atom. The van der Waals surface area contributed by atoms with Crippen molar-refractivity contribution in [3.63, 3.8) is 0 Å². The first kappa shape index (κ1) is 19.0. The number of sulfonamides is 1. The summed E-state index contributed by atoms with van der Waals surface area (Å²) >= 11 is 7.55. The fourth-order valence-electron chi connectivity index (χ4n) is 2.64. The molecule has 7 heteroatoms. The third-order valence-corrected chi connectivity index (χ3v) is 7.34. The van der Waals surface area contributed by atoms with E-state index >= 15 is 0 Å². The minimum atomic E-state index is -3.65. The predicted octanol–water partition coefficient (Wildman–Crippen LogP) is 4.87. The first-order chi connectivity index (χ1) is 12.3. The number of aryl methyl sites for hydroxylation is 2. The average molecular weight is 407 g/mol. The maximum atomic E-state index is 12.6. The molecule has 0 amide bonds. The smallest absolute Gasteiger partial charge is 0.241 e. The summed E-state index contributed by atoms with van der Waals surface area (Å²) in [4.78, 5) is 5.70. The number of thiazole rings is 1. The number of rotatable bonds is 5. The highest BCUT2D eigenvalue weighted by Crippen LogP contribution is 2.30. The standard InChI is InChI=1S/C19H19ClN2O2S2/c1-12-7-4-5-8-15(12)19-22-14(3)17(25-19)11-21-26(23,24)18-10-6-9-16(20)13(18)2/h4-10,21H,11H2,1-3H3. The molecule has 2 aromatic carbocycles. The van der Waals surface area contributed by atoms with Crippen LogP contribution in [0.1, 0.15) is 21.7 Å². The van der Waals surface area contributed by atoms with Gasteiger partial charge in [0.2, 0.25) is 10.0 Å². The summed E-state index contributed by atoms with van der Waals surface area (Å²) in [6.45, 7) is 5.83. The first-order valence-corrected chi connectivity index (χ1v) is 10.7. The molecule has 0 saturated heterocycles. The van der Waals surface area contributed by atoms with Crippen LogP contribution in [0.4, 0.5) is 0 Å². The highest BCUT2D eigenvalue weighted by atomic mass is 35.5. The Hall–Kier alpha value is -1.73. The van der Waals surface area contributed by atoms with Crippen LogP contribution in [-0.4, -0.2) is 13.4 Å². The van der Waals surface area contributed by atoms with Gasteiger partial charge in [0.1, 0.15) is 5.01 Å². The first-order valence-electron chi connectivity index (χ1n) is 8.06. The number of benzene rings is 2. The number of nitrogens with one attached hydrogen (secondary N) is 1. The molecule has 0 radical (unpaired) electrons. The second-order valence-corrected chi connectivity index (χ2v) is 9.26. The summed E-state index contributed by atoms with van der Waals surface area (Å²) < 4.78 is 27.9. The summed E-state index contributed by atoms with van der Waals surface area (Å²) in [5.41, 5.74) is 3.59. The normalized spacial score (nSPS) is 11.7. The summed E-state index contributed by atoms with van der Waals surface area (Å²) in [6, 6.07) is 12.9. The lowest BCUT2D eigenvalue weighted by Crippen LogP contribution is -2.24. The number of nitrogens with zero attached hydrogens (tertiary/aromatic N) is 1. The molecule has 0 spiro atoms. The Bertz CT molecular complexity index is 1060. The molecule has 1 aromatic heterocycles. The molecular formula is C19H19ClN2O2S2. The van der Waals surface area contributed by atoms with Gasteiger partial charge in [-0.3, -0.25) is 0 Å². The van der Waals surface area contributed by atoms with E-state index in [-0.39, 0.29) is 11.4 Å². The van der Waals surface area contributed by atoms with E-state index in [1.807, 2.05) is 38.1 Å².